The average molecular weight is 412 g/mol. The molecule has 0 aliphatic heterocycles. The number of amides is 2. The molecule has 6 nitrogen and oxygen atoms in total. The topological polar surface area (TPSA) is 87.3 Å². The van der Waals surface area contributed by atoms with Crippen LogP contribution < -0.4 is 15.4 Å². The van der Waals surface area contributed by atoms with Crippen LogP contribution in [0.25, 0.3) is 10.8 Å². The van der Waals surface area contributed by atoms with Gasteiger partial charge in [-0.2, -0.15) is 0 Å². The van der Waals surface area contributed by atoms with Gasteiger partial charge in [-0.25, -0.2) is 17.9 Å². The predicted octanol–water partition coefficient (Wildman–Crippen LogP) is 3.99. The van der Waals surface area contributed by atoms with Crippen LogP contribution in [0.4, 0.5) is 10.5 Å². The summed E-state index contributed by atoms with van der Waals surface area (Å²) in [6.45, 7) is 3.79. The molecule has 0 bridgehead atoms. The van der Waals surface area contributed by atoms with Gasteiger partial charge < -0.3 is 10.6 Å². The van der Waals surface area contributed by atoms with Crippen molar-refractivity contribution in [2.45, 2.75) is 32.2 Å². The molecular formula is C22H25N3O3S. The van der Waals surface area contributed by atoms with Crippen LogP contribution in [0.2, 0.25) is 0 Å². The van der Waals surface area contributed by atoms with Crippen molar-refractivity contribution >= 4 is 32.5 Å². The van der Waals surface area contributed by atoms with Crippen molar-refractivity contribution in [2.24, 2.45) is 0 Å². The molecule has 0 aliphatic carbocycles. The molecule has 29 heavy (non-hydrogen) atoms. The summed E-state index contributed by atoms with van der Waals surface area (Å²) < 4.78 is 27.1. The second kappa shape index (κ2) is 9.07. The molecule has 0 saturated carbocycles. The van der Waals surface area contributed by atoms with Crippen molar-refractivity contribution in [3.05, 3.63) is 77.9 Å². The van der Waals surface area contributed by atoms with Gasteiger partial charge in [0.25, 0.3) is 0 Å². The molecule has 3 aromatic rings. The number of carbonyl (C=O) groups excluding carboxylic acids is 1. The van der Waals surface area contributed by atoms with E-state index in [0.29, 0.717) is 5.56 Å². The SMILES string of the molecule is CC(C)NS(=O)(=O)Cc1ccccc1CNC(=O)Nc1cccc2ccccc12. The first kappa shape index (κ1) is 20.8. The molecule has 0 unspecified atom stereocenters. The fourth-order valence-electron chi connectivity index (χ4n) is 3.15. The maximum Gasteiger partial charge on any atom is 0.319 e. The first-order valence-corrected chi connectivity index (χ1v) is 11.1. The molecule has 3 rings (SSSR count). The Bertz CT molecular complexity index is 1110. The molecule has 2 amide bonds. The number of nitrogens with one attached hydrogen (secondary N) is 3. The standard InChI is InChI=1S/C22H25N3O3S/c1-16(2)25-29(27,28)15-19-10-4-3-9-18(19)14-23-22(26)24-21-13-7-11-17-8-5-6-12-20(17)21/h3-13,16,25H,14-15H2,1-2H3,(H2,23,24,26). The summed E-state index contributed by atoms with van der Waals surface area (Å²) in [5.74, 6) is -0.131. The summed E-state index contributed by atoms with van der Waals surface area (Å²) in [7, 11) is -3.45. The van der Waals surface area contributed by atoms with Crippen LogP contribution in [0, 0.1) is 0 Å². The normalized spacial score (nSPS) is 11.6. The van der Waals surface area contributed by atoms with Crippen LogP contribution in [0.15, 0.2) is 66.7 Å². The molecule has 0 fully saturated rings. The highest BCUT2D eigenvalue weighted by Crippen LogP contribution is 2.22. The highest BCUT2D eigenvalue weighted by Gasteiger charge is 2.15. The monoisotopic (exact) mass is 411 g/mol. The van der Waals surface area contributed by atoms with Crippen LogP contribution in [0.5, 0.6) is 0 Å². The third-order valence-corrected chi connectivity index (χ3v) is 5.88. The Morgan fingerprint density at radius 1 is 0.897 bits per heavy atom. The lowest BCUT2D eigenvalue weighted by Gasteiger charge is -2.14. The fourth-order valence-corrected chi connectivity index (χ4v) is 4.65. The molecule has 0 saturated heterocycles. The van der Waals surface area contributed by atoms with E-state index in [4.69, 9.17) is 0 Å². The first-order valence-electron chi connectivity index (χ1n) is 9.43. The lowest BCUT2D eigenvalue weighted by molar-refractivity contribution is 0.252. The lowest BCUT2D eigenvalue weighted by Crippen LogP contribution is -2.32. The molecule has 0 spiro atoms. The molecule has 152 valence electrons. The van der Waals surface area contributed by atoms with E-state index >= 15 is 0 Å². The maximum absolute atomic E-state index is 12.4. The third-order valence-electron chi connectivity index (χ3n) is 4.36. The Morgan fingerprint density at radius 2 is 1.55 bits per heavy atom. The van der Waals surface area contributed by atoms with Crippen molar-refractivity contribution < 1.29 is 13.2 Å². The van der Waals surface area contributed by atoms with E-state index in [1.54, 1.807) is 26.0 Å². The van der Waals surface area contributed by atoms with Crippen molar-refractivity contribution in [2.75, 3.05) is 5.32 Å². The van der Waals surface area contributed by atoms with Gasteiger partial charge in [-0.15, -0.1) is 0 Å². The number of hydrogen-bond acceptors (Lipinski definition) is 3. The molecule has 3 aromatic carbocycles. The molecular weight excluding hydrogens is 386 g/mol. The van der Waals surface area contributed by atoms with Crippen molar-refractivity contribution in [1.82, 2.24) is 10.0 Å². The van der Waals surface area contributed by atoms with Gasteiger partial charge in [-0.05, 0) is 36.4 Å². The Kier molecular flexibility index (Phi) is 6.51. The fraction of sp³-hybridized carbons (Fsp3) is 0.227. The van der Waals surface area contributed by atoms with Gasteiger partial charge in [0.05, 0.1) is 11.4 Å². The summed E-state index contributed by atoms with van der Waals surface area (Å²) in [6.07, 6.45) is 0. The number of carbonyl (C=O) groups is 1. The van der Waals surface area contributed by atoms with Crippen molar-refractivity contribution in [1.29, 1.82) is 0 Å². The van der Waals surface area contributed by atoms with E-state index in [0.717, 1.165) is 22.0 Å². The Morgan fingerprint density at radius 3 is 2.31 bits per heavy atom. The number of urea groups is 1. The van der Waals surface area contributed by atoms with Crippen LogP contribution in [-0.4, -0.2) is 20.5 Å². The summed E-state index contributed by atoms with van der Waals surface area (Å²) >= 11 is 0. The minimum absolute atomic E-state index is 0.131. The second-order valence-corrected chi connectivity index (χ2v) is 8.89. The zero-order valence-electron chi connectivity index (χ0n) is 16.5. The minimum Gasteiger partial charge on any atom is -0.334 e. The molecule has 0 aromatic heterocycles. The highest BCUT2D eigenvalue weighted by molar-refractivity contribution is 7.88. The van der Waals surface area contributed by atoms with Gasteiger partial charge in [0.2, 0.25) is 10.0 Å². The third kappa shape index (κ3) is 5.79. The predicted molar refractivity (Wildman–Crippen MR) is 117 cm³/mol. The van der Waals surface area contributed by atoms with Crippen LogP contribution in [-0.2, 0) is 22.3 Å². The molecule has 0 aliphatic rings. The number of hydrogen-bond donors (Lipinski definition) is 3. The number of fused-ring (bicyclic) bond motifs is 1. The average Bonchev–Trinajstić information content (AvgIpc) is 2.66. The van der Waals surface area contributed by atoms with E-state index in [2.05, 4.69) is 15.4 Å². The van der Waals surface area contributed by atoms with Gasteiger partial charge in [0.15, 0.2) is 0 Å². The zero-order chi connectivity index (χ0) is 20.9. The Labute approximate surface area is 171 Å². The minimum atomic E-state index is -3.45. The summed E-state index contributed by atoms with van der Waals surface area (Å²) in [6, 6.07) is 20.2. The van der Waals surface area contributed by atoms with Crippen molar-refractivity contribution in [3.63, 3.8) is 0 Å². The Balaban J connectivity index is 1.68. The van der Waals surface area contributed by atoms with Gasteiger partial charge in [-0.3, -0.25) is 0 Å². The first-order chi connectivity index (χ1) is 13.8. The van der Waals surface area contributed by atoms with E-state index in [1.807, 2.05) is 54.6 Å². The second-order valence-electron chi connectivity index (χ2n) is 7.13. The van der Waals surface area contributed by atoms with Crippen LogP contribution >= 0.6 is 0 Å². The maximum atomic E-state index is 12.4. The summed E-state index contributed by atoms with van der Waals surface area (Å²) in [4.78, 5) is 12.4. The summed E-state index contributed by atoms with van der Waals surface area (Å²) in [5.41, 5.74) is 2.14. The number of sulfonamides is 1. The zero-order valence-corrected chi connectivity index (χ0v) is 17.3. The Hall–Kier alpha value is -2.90. The molecule has 0 heterocycles. The van der Waals surface area contributed by atoms with Crippen molar-refractivity contribution in [3.8, 4) is 0 Å². The smallest absolute Gasteiger partial charge is 0.319 e. The van der Waals surface area contributed by atoms with E-state index < -0.39 is 10.0 Å². The van der Waals surface area contributed by atoms with E-state index in [9.17, 15) is 13.2 Å². The largest absolute Gasteiger partial charge is 0.334 e. The van der Waals surface area contributed by atoms with Gasteiger partial charge in [0.1, 0.15) is 0 Å². The van der Waals surface area contributed by atoms with Crippen LogP contribution in [0.1, 0.15) is 25.0 Å². The summed E-state index contributed by atoms with van der Waals surface area (Å²) in [5, 5.41) is 7.68. The number of benzene rings is 3. The molecule has 7 heteroatoms. The molecule has 3 N–H and O–H groups in total. The lowest BCUT2D eigenvalue weighted by atomic mass is 10.1. The van der Waals surface area contributed by atoms with E-state index in [1.165, 1.54) is 0 Å². The molecule has 0 atom stereocenters. The number of anilines is 1. The number of rotatable bonds is 7. The van der Waals surface area contributed by atoms with E-state index in [-0.39, 0.29) is 24.4 Å². The van der Waals surface area contributed by atoms with Gasteiger partial charge in [0, 0.05) is 18.0 Å². The van der Waals surface area contributed by atoms with Crippen LogP contribution in [0.3, 0.4) is 0 Å². The van der Waals surface area contributed by atoms with Gasteiger partial charge in [-0.1, -0.05) is 60.7 Å². The highest BCUT2D eigenvalue weighted by atomic mass is 32.2. The van der Waals surface area contributed by atoms with Gasteiger partial charge >= 0.3 is 6.03 Å². The quantitative estimate of drug-likeness (QED) is 0.549. The molecule has 0 radical (unpaired) electrons.